The second kappa shape index (κ2) is 6.69. The SMILES string of the molecule is COc1ccc2s/c(=[N+](/C)c3ccccc3)sc2c1.[I-]. The number of rotatable bonds is 2. The summed E-state index contributed by atoms with van der Waals surface area (Å²) in [5.41, 5.74) is 1.21. The van der Waals surface area contributed by atoms with Crippen molar-refractivity contribution in [1.29, 1.82) is 0 Å². The topological polar surface area (TPSA) is 12.2 Å². The van der Waals surface area contributed by atoms with Gasteiger partial charge in [0.15, 0.2) is 0 Å². The van der Waals surface area contributed by atoms with Crippen LogP contribution in [0.3, 0.4) is 0 Å². The van der Waals surface area contributed by atoms with Crippen LogP contribution in [0.15, 0.2) is 48.5 Å². The Kier molecular flexibility index (Phi) is 5.17. The molecule has 0 radical (unpaired) electrons. The predicted octanol–water partition coefficient (Wildman–Crippen LogP) is 0.709. The second-order valence-corrected chi connectivity index (χ2v) is 6.50. The van der Waals surface area contributed by atoms with Gasteiger partial charge in [-0.2, -0.15) is 4.58 Å². The molecule has 0 N–H and O–H groups in total. The summed E-state index contributed by atoms with van der Waals surface area (Å²) in [5, 5.41) is 0. The minimum absolute atomic E-state index is 0. The third-order valence-corrected chi connectivity index (χ3v) is 5.62. The maximum absolute atomic E-state index is 5.27. The van der Waals surface area contributed by atoms with Crippen LogP contribution in [0, 0.1) is 0 Å². The van der Waals surface area contributed by atoms with Crippen molar-refractivity contribution < 1.29 is 28.7 Å². The summed E-state index contributed by atoms with van der Waals surface area (Å²) in [5.74, 6) is 0.912. The van der Waals surface area contributed by atoms with E-state index in [4.69, 9.17) is 4.74 Å². The van der Waals surface area contributed by atoms with Crippen LogP contribution in [-0.2, 0) is 0 Å². The molecular weight excluding hydrogens is 401 g/mol. The molecule has 0 aliphatic carbocycles. The maximum Gasteiger partial charge on any atom is 0.320 e. The molecule has 104 valence electrons. The summed E-state index contributed by atoms with van der Waals surface area (Å²) in [6.07, 6.45) is 0. The number of hydrogen-bond donors (Lipinski definition) is 0. The predicted molar refractivity (Wildman–Crippen MR) is 83.5 cm³/mol. The van der Waals surface area contributed by atoms with E-state index in [0.717, 1.165) is 5.75 Å². The first-order valence-corrected chi connectivity index (χ1v) is 7.61. The summed E-state index contributed by atoms with van der Waals surface area (Å²) >= 11 is 3.60. The van der Waals surface area contributed by atoms with Crippen LogP contribution >= 0.6 is 22.7 Å². The van der Waals surface area contributed by atoms with E-state index in [1.54, 1.807) is 18.4 Å². The number of benzene rings is 2. The monoisotopic (exact) mass is 415 g/mol. The van der Waals surface area contributed by atoms with Gasteiger partial charge in [-0.1, -0.05) is 40.9 Å². The number of hydrogen-bond acceptors (Lipinski definition) is 3. The fraction of sp³-hybridized carbons (Fsp3) is 0.133. The van der Waals surface area contributed by atoms with Gasteiger partial charge in [-0.15, -0.1) is 0 Å². The Labute approximate surface area is 143 Å². The summed E-state index contributed by atoms with van der Waals surface area (Å²) in [6.45, 7) is 0. The Balaban J connectivity index is 0.00000147. The van der Waals surface area contributed by atoms with E-state index in [-0.39, 0.29) is 24.0 Å². The summed E-state index contributed by atoms with van der Waals surface area (Å²) in [4.78, 5) is 0. The number of fused-ring (bicyclic) bond motifs is 1. The molecule has 0 aliphatic heterocycles. The highest BCUT2D eigenvalue weighted by Gasteiger charge is 2.09. The third kappa shape index (κ3) is 3.05. The standard InChI is InChI=1S/C15H14NOS2.HI/c1-16(11-6-4-3-5-7-11)15-18-13-9-8-12(17-2)10-14(13)19-15;/h3-10H,1-2H3;1H/q+1;/p-1/b16-15+;. The Morgan fingerprint density at radius 2 is 1.65 bits per heavy atom. The third-order valence-electron chi connectivity index (χ3n) is 2.96. The Bertz CT molecular complexity index is 777. The van der Waals surface area contributed by atoms with Gasteiger partial charge < -0.3 is 28.7 Å². The van der Waals surface area contributed by atoms with Gasteiger partial charge >= 0.3 is 3.98 Å². The lowest BCUT2D eigenvalue weighted by Gasteiger charge is -1.96. The highest BCUT2D eigenvalue weighted by molar-refractivity contribution is 7.35. The molecule has 2 aromatic carbocycles. The first-order chi connectivity index (χ1) is 9.28. The van der Waals surface area contributed by atoms with Crippen molar-refractivity contribution >= 4 is 37.8 Å². The normalized spacial score (nSPS) is 11.9. The van der Waals surface area contributed by atoms with E-state index in [1.807, 2.05) is 23.5 Å². The van der Waals surface area contributed by atoms with Gasteiger partial charge in [0.2, 0.25) is 5.69 Å². The van der Waals surface area contributed by atoms with E-state index in [1.165, 1.54) is 19.1 Å². The number of nitrogens with zero attached hydrogens (tertiary/aromatic N) is 1. The largest absolute Gasteiger partial charge is 1.00 e. The molecular formula is C15H14INOS2. The molecule has 3 rings (SSSR count). The first kappa shape index (κ1) is 15.5. The molecule has 1 aromatic heterocycles. The van der Waals surface area contributed by atoms with Crippen LogP contribution in [0.1, 0.15) is 0 Å². The van der Waals surface area contributed by atoms with Crippen LogP contribution in [0.4, 0.5) is 5.69 Å². The van der Waals surface area contributed by atoms with Crippen molar-refractivity contribution in [2.75, 3.05) is 14.2 Å². The summed E-state index contributed by atoms with van der Waals surface area (Å²) < 4.78 is 11.3. The Morgan fingerprint density at radius 3 is 2.35 bits per heavy atom. The Hall–Kier alpha value is -0.920. The highest BCUT2D eigenvalue weighted by atomic mass is 127. The Morgan fingerprint density at radius 1 is 0.950 bits per heavy atom. The average molecular weight is 415 g/mol. The van der Waals surface area contributed by atoms with E-state index < -0.39 is 0 Å². The van der Waals surface area contributed by atoms with Gasteiger partial charge in [-0.05, 0) is 18.2 Å². The zero-order valence-electron chi connectivity index (χ0n) is 11.2. The van der Waals surface area contributed by atoms with Crippen molar-refractivity contribution in [2.24, 2.45) is 0 Å². The fourth-order valence-corrected chi connectivity index (χ4v) is 4.34. The molecule has 0 atom stereocenters. The number of ether oxygens (including phenoxy) is 1. The van der Waals surface area contributed by atoms with Crippen LogP contribution in [-0.4, -0.2) is 14.2 Å². The molecule has 0 fully saturated rings. The van der Waals surface area contributed by atoms with E-state index in [9.17, 15) is 0 Å². The quantitative estimate of drug-likeness (QED) is 0.444. The molecule has 20 heavy (non-hydrogen) atoms. The van der Waals surface area contributed by atoms with Gasteiger partial charge in [0.25, 0.3) is 0 Å². The molecule has 0 saturated heterocycles. The van der Waals surface area contributed by atoms with Crippen LogP contribution < -0.4 is 37.3 Å². The van der Waals surface area contributed by atoms with Gasteiger partial charge in [0.05, 0.1) is 16.5 Å². The van der Waals surface area contributed by atoms with Gasteiger partial charge in [0, 0.05) is 12.1 Å². The minimum atomic E-state index is 0. The van der Waals surface area contributed by atoms with Gasteiger partial charge in [0.1, 0.15) is 12.8 Å². The molecule has 0 spiro atoms. The van der Waals surface area contributed by atoms with Crippen LogP contribution in [0.2, 0.25) is 0 Å². The number of para-hydroxylation sites is 1. The van der Waals surface area contributed by atoms with Crippen molar-refractivity contribution in [2.45, 2.75) is 0 Å². The van der Waals surface area contributed by atoms with Crippen molar-refractivity contribution in [3.63, 3.8) is 0 Å². The fourth-order valence-electron chi connectivity index (χ4n) is 1.88. The smallest absolute Gasteiger partial charge is 0.320 e. The molecule has 3 aromatic rings. The van der Waals surface area contributed by atoms with E-state index >= 15 is 0 Å². The molecule has 0 bridgehead atoms. The molecule has 1 heterocycles. The van der Waals surface area contributed by atoms with Gasteiger partial charge in [-0.3, -0.25) is 0 Å². The zero-order valence-corrected chi connectivity index (χ0v) is 15.0. The molecule has 0 unspecified atom stereocenters. The van der Waals surface area contributed by atoms with Crippen molar-refractivity contribution in [3.05, 3.63) is 52.5 Å². The summed E-state index contributed by atoms with van der Waals surface area (Å²) in [7, 11) is 3.81. The van der Waals surface area contributed by atoms with E-state index in [0.29, 0.717) is 0 Å². The van der Waals surface area contributed by atoms with E-state index in [2.05, 4.69) is 48.0 Å². The summed E-state index contributed by atoms with van der Waals surface area (Å²) in [6, 6.07) is 16.6. The maximum atomic E-state index is 5.27. The van der Waals surface area contributed by atoms with Gasteiger partial charge in [-0.25, -0.2) is 0 Å². The first-order valence-electron chi connectivity index (χ1n) is 5.97. The second-order valence-electron chi connectivity index (χ2n) is 4.18. The van der Waals surface area contributed by atoms with Crippen molar-refractivity contribution in [3.8, 4) is 5.75 Å². The molecule has 2 nitrogen and oxygen atoms in total. The molecule has 0 aliphatic rings. The lowest BCUT2D eigenvalue weighted by Crippen LogP contribution is -3.00. The molecule has 5 heteroatoms. The highest BCUT2D eigenvalue weighted by Crippen LogP contribution is 2.26. The number of methoxy groups -OCH3 is 1. The number of halogens is 1. The molecule has 0 saturated carbocycles. The lowest BCUT2D eigenvalue weighted by molar-refractivity contribution is -0.00000393. The lowest BCUT2D eigenvalue weighted by atomic mass is 10.3. The zero-order chi connectivity index (χ0) is 13.2. The van der Waals surface area contributed by atoms with Crippen LogP contribution in [0.25, 0.3) is 9.40 Å². The van der Waals surface area contributed by atoms with Crippen LogP contribution in [0.5, 0.6) is 5.75 Å². The average Bonchev–Trinajstić information content (AvgIpc) is 2.90. The molecule has 0 amide bonds. The minimum Gasteiger partial charge on any atom is -1.00 e. The van der Waals surface area contributed by atoms with Crippen molar-refractivity contribution in [1.82, 2.24) is 4.58 Å².